The Morgan fingerprint density at radius 2 is 2.05 bits per heavy atom. The zero-order valence-corrected chi connectivity index (χ0v) is 13.0. The third kappa shape index (κ3) is 3.41. The second-order valence-electron chi connectivity index (χ2n) is 7.00. The summed E-state index contributed by atoms with van der Waals surface area (Å²) in [5.74, 6) is 0.0545. The van der Waals surface area contributed by atoms with E-state index in [1.807, 2.05) is 0 Å². The van der Waals surface area contributed by atoms with Crippen molar-refractivity contribution in [3.8, 4) is 0 Å². The van der Waals surface area contributed by atoms with Crippen LogP contribution in [0.3, 0.4) is 0 Å². The number of carboxylic acids is 1. The minimum atomic E-state index is -0.650. The molecule has 2 heterocycles. The molecule has 2 aliphatic heterocycles. The highest BCUT2D eigenvalue weighted by atomic mass is 16.5. The summed E-state index contributed by atoms with van der Waals surface area (Å²) < 4.78 is 5.88. The minimum Gasteiger partial charge on any atom is -0.480 e. The van der Waals surface area contributed by atoms with Gasteiger partial charge in [-0.1, -0.05) is 12.8 Å². The van der Waals surface area contributed by atoms with E-state index < -0.39 is 5.97 Å². The van der Waals surface area contributed by atoms with Gasteiger partial charge in [0.2, 0.25) is 0 Å². The van der Waals surface area contributed by atoms with Crippen molar-refractivity contribution < 1.29 is 14.6 Å². The molecule has 3 aliphatic rings. The topological polar surface area (TPSA) is 53.0 Å². The lowest BCUT2D eigenvalue weighted by molar-refractivity contribution is -0.150. The van der Waals surface area contributed by atoms with Gasteiger partial charge in [-0.05, 0) is 38.6 Å². The number of aliphatic carboxylic acids is 1. The van der Waals surface area contributed by atoms with Crippen molar-refractivity contribution in [2.24, 2.45) is 5.92 Å². The molecule has 3 fully saturated rings. The second kappa shape index (κ2) is 6.63. The number of hydrogen-bond acceptors (Lipinski definition) is 4. The number of nitrogens with zero attached hydrogens (tertiary/aromatic N) is 2. The van der Waals surface area contributed by atoms with Gasteiger partial charge >= 0.3 is 5.97 Å². The molecule has 0 bridgehead atoms. The normalized spacial score (nSPS) is 38.9. The number of ether oxygens (including phenoxy) is 1. The molecule has 0 amide bonds. The molecule has 0 aromatic heterocycles. The quantitative estimate of drug-likeness (QED) is 0.854. The summed E-state index contributed by atoms with van der Waals surface area (Å²) in [4.78, 5) is 16.2. The van der Waals surface area contributed by atoms with Crippen LogP contribution in [-0.2, 0) is 9.53 Å². The number of morpholine rings is 1. The summed E-state index contributed by atoms with van der Waals surface area (Å²) in [5, 5.41) is 9.59. The van der Waals surface area contributed by atoms with E-state index in [9.17, 15) is 9.90 Å². The lowest BCUT2D eigenvalue weighted by Crippen LogP contribution is -2.58. The SMILES string of the molecule is CN1CCOC(CN2C(C(=O)O)CCC3CCCCC32)C1. The maximum atomic E-state index is 11.7. The monoisotopic (exact) mass is 296 g/mol. The Morgan fingerprint density at radius 3 is 2.81 bits per heavy atom. The van der Waals surface area contributed by atoms with E-state index in [1.165, 1.54) is 19.3 Å². The van der Waals surface area contributed by atoms with Gasteiger partial charge in [-0.25, -0.2) is 0 Å². The predicted octanol–water partition coefficient (Wildman–Crippen LogP) is 1.42. The van der Waals surface area contributed by atoms with Crippen LogP contribution in [0.1, 0.15) is 38.5 Å². The van der Waals surface area contributed by atoms with Crippen molar-refractivity contribution in [3.05, 3.63) is 0 Å². The molecular weight excluding hydrogens is 268 g/mol. The number of carbonyl (C=O) groups is 1. The van der Waals surface area contributed by atoms with Crippen molar-refractivity contribution in [2.75, 3.05) is 33.3 Å². The molecule has 1 aliphatic carbocycles. The van der Waals surface area contributed by atoms with E-state index in [-0.39, 0.29) is 12.1 Å². The number of likely N-dealkylation sites (tertiary alicyclic amines) is 1. The molecule has 0 aromatic rings. The number of carboxylic acid groups (broad SMARTS) is 1. The fraction of sp³-hybridized carbons (Fsp3) is 0.938. The first-order valence-electron chi connectivity index (χ1n) is 8.44. The molecule has 1 N–H and O–H groups in total. The van der Waals surface area contributed by atoms with E-state index in [0.717, 1.165) is 45.5 Å². The van der Waals surface area contributed by atoms with Gasteiger partial charge in [-0.15, -0.1) is 0 Å². The van der Waals surface area contributed by atoms with Gasteiger partial charge in [-0.2, -0.15) is 0 Å². The van der Waals surface area contributed by atoms with E-state index in [2.05, 4.69) is 16.8 Å². The number of hydrogen-bond donors (Lipinski definition) is 1. The molecular formula is C16H28N2O3. The minimum absolute atomic E-state index is 0.159. The highest BCUT2D eigenvalue weighted by molar-refractivity contribution is 5.73. The Hall–Kier alpha value is -0.650. The fourth-order valence-corrected chi connectivity index (χ4v) is 4.47. The van der Waals surface area contributed by atoms with Crippen LogP contribution in [0, 0.1) is 5.92 Å². The van der Waals surface area contributed by atoms with Gasteiger partial charge in [0.1, 0.15) is 6.04 Å². The first-order chi connectivity index (χ1) is 10.1. The molecule has 3 rings (SSSR count). The molecule has 4 atom stereocenters. The Labute approximate surface area is 127 Å². The summed E-state index contributed by atoms with van der Waals surface area (Å²) in [6.07, 6.45) is 7.05. The lowest BCUT2D eigenvalue weighted by Gasteiger charge is -2.48. The Bertz CT molecular complexity index is 377. The zero-order valence-electron chi connectivity index (χ0n) is 13.0. The van der Waals surface area contributed by atoms with Gasteiger partial charge in [0, 0.05) is 25.7 Å². The summed E-state index contributed by atoms with van der Waals surface area (Å²) in [7, 11) is 2.11. The molecule has 1 saturated carbocycles. The average molecular weight is 296 g/mol. The van der Waals surface area contributed by atoms with Crippen LogP contribution in [0.25, 0.3) is 0 Å². The van der Waals surface area contributed by atoms with Crippen LogP contribution in [0.4, 0.5) is 0 Å². The first kappa shape index (κ1) is 15.3. The van der Waals surface area contributed by atoms with E-state index >= 15 is 0 Å². The van der Waals surface area contributed by atoms with Crippen molar-refractivity contribution in [3.63, 3.8) is 0 Å². The third-order valence-electron chi connectivity index (χ3n) is 5.55. The summed E-state index contributed by atoms with van der Waals surface area (Å²) in [6.45, 7) is 3.44. The Morgan fingerprint density at radius 1 is 1.24 bits per heavy atom. The van der Waals surface area contributed by atoms with Gasteiger partial charge in [0.25, 0.3) is 0 Å². The van der Waals surface area contributed by atoms with Crippen molar-refractivity contribution in [2.45, 2.75) is 56.7 Å². The smallest absolute Gasteiger partial charge is 0.320 e. The molecule has 5 nitrogen and oxygen atoms in total. The Balaban J connectivity index is 1.71. The zero-order chi connectivity index (χ0) is 14.8. The molecule has 120 valence electrons. The van der Waals surface area contributed by atoms with E-state index in [1.54, 1.807) is 0 Å². The molecule has 0 radical (unpaired) electrons. The third-order valence-corrected chi connectivity index (χ3v) is 5.55. The summed E-state index contributed by atoms with van der Waals surface area (Å²) in [6, 6.07) is 0.157. The number of piperidine rings is 1. The van der Waals surface area contributed by atoms with E-state index in [4.69, 9.17) is 4.74 Å². The average Bonchev–Trinajstić information content (AvgIpc) is 2.47. The number of fused-ring (bicyclic) bond motifs is 1. The molecule has 0 spiro atoms. The van der Waals surface area contributed by atoms with Crippen LogP contribution >= 0.6 is 0 Å². The number of rotatable bonds is 3. The van der Waals surface area contributed by atoms with E-state index in [0.29, 0.717) is 12.0 Å². The summed E-state index contributed by atoms with van der Waals surface area (Å²) >= 11 is 0. The summed E-state index contributed by atoms with van der Waals surface area (Å²) in [5.41, 5.74) is 0. The van der Waals surface area contributed by atoms with Crippen LogP contribution in [0.2, 0.25) is 0 Å². The van der Waals surface area contributed by atoms with Gasteiger partial charge < -0.3 is 14.7 Å². The molecule has 0 aromatic carbocycles. The lowest BCUT2D eigenvalue weighted by atomic mass is 9.76. The Kier molecular flexibility index (Phi) is 4.82. The van der Waals surface area contributed by atoms with Crippen molar-refractivity contribution in [1.82, 2.24) is 9.80 Å². The fourth-order valence-electron chi connectivity index (χ4n) is 4.47. The van der Waals surface area contributed by atoms with Crippen LogP contribution in [-0.4, -0.2) is 72.4 Å². The van der Waals surface area contributed by atoms with Gasteiger partial charge in [0.05, 0.1) is 12.7 Å². The van der Waals surface area contributed by atoms with Crippen molar-refractivity contribution in [1.29, 1.82) is 0 Å². The molecule has 5 heteroatoms. The maximum Gasteiger partial charge on any atom is 0.320 e. The van der Waals surface area contributed by atoms with Crippen LogP contribution < -0.4 is 0 Å². The van der Waals surface area contributed by atoms with Gasteiger partial charge in [0.15, 0.2) is 0 Å². The molecule has 2 saturated heterocycles. The highest BCUT2D eigenvalue weighted by Crippen LogP contribution is 2.38. The largest absolute Gasteiger partial charge is 0.480 e. The second-order valence-corrected chi connectivity index (χ2v) is 7.00. The van der Waals surface area contributed by atoms with Crippen LogP contribution in [0.5, 0.6) is 0 Å². The van der Waals surface area contributed by atoms with Crippen LogP contribution in [0.15, 0.2) is 0 Å². The number of likely N-dealkylation sites (N-methyl/N-ethyl adjacent to an activating group) is 1. The van der Waals surface area contributed by atoms with Gasteiger partial charge in [-0.3, -0.25) is 9.69 Å². The molecule has 21 heavy (non-hydrogen) atoms. The standard InChI is InChI=1S/C16H28N2O3/c1-17-8-9-21-13(10-17)11-18-14-5-3-2-4-12(14)6-7-15(18)16(19)20/h12-15H,2-11H2,1H3,(H,19,20). The first-order valence-corrected chi connectivity index (χ1v) is 8.44. The highest BCUT2D eigenvalue weighted by Gasteiger charge is 2.42. The molecule has 4 unspecified atom stereocenters. The predicted molar refractivity (Wildman–Crippen MR) is 80.3 cm³/mol. The maximum absolute atomic E-state index is 11.7. The van der Waals surface area contributed by atoms with Crippen molar-refractivity contribution >= 4 is 5.97 Å².